The number of hydrogen-bond donors (Lipinski definition) is 4. The van der Waals surface area contributed by atoms with Crippen LogP contribution in [0.1, 0.15) is 48.5 Å². The van der Waals surface area contributed by atoms with Crippen LogP contribution in [0, 0.1) is 5.92 Å². The third kappa shape index (κ3) is 7.42. The minimum absolute atomic E-state index is 0.000611. The summed E-state index contributed by atoms with van der Waals surface area (Å²) in [5.41, 5.74) is 10.3. The smallest absolute Gasteiger partial charge is 0.251 e. The van der Waals surface area contributed by atoms with Crippen LogP contribution in [0.15, 0.2) is 102 Å². The highest BCUT2D eigenvalue weighted by Gasteiger charge is 2.49. The van der Waals surface area contributed by atoms with E-state index < -0.39 is 23.7 Å². The maximum absolute atomic E-state index is 17.7. The molecule has 3 aromatic carbocycles. The maximum atomic E-state index is 17.7. The van der Waals surface area contributed by atoms with E-state index in [4.69, 9.17) is 11.5 Å². The molecule has 2 unspecified atom stereocenters. The van der Waals surface area contributed by atoms with Gasteiger partial charge in [0.25, 0.3) is 5.91 Å². The predicted molar refractivity (Wildman–Crippen MR) is 178 cm³/mol. The lowest BCUT2D eigenvalue weighted by Gasteiger charge is -2.43. The second kappa shape index (κ2) is 14.5. The van der Waals surface area contributed by atoms with E-state index >= 15 is 4.39 Å². The van der Waals surface area contributed by atoms with Crippen LogP contribution in [0.2, 0.25) is 0 Å². The minimum atomic E-state index is -1.81. The second-order valence-electron chi connectivity index (χ2n) is 11.9. The zero-order valence-corrected chi connectivity index (χ0v) is 25.7. The molecule has 3 aromatic rings. The van der Waals surface area contributed by atoms with Gasteiger partial charge in [-0.05, 0) is 61.1 Å². The van der Waals surface area contributed by atoms with Crippen molar-refractivity contribution in [3.8, 4) is 0 Å². The number of carbonyl (C=O) groups excluding carboxylic acids is 2. The fourth-order valence-corrected chi connectivity index (χ4v) is 6.53. The summed E-state index contributed by atoms with van der Waals surface area (Å²) >= 11 is 0. The highest BCUT2D eigenvalue weighted by molar-refractivity contribution is 5.98. The Morgan fingerprint density at radius 3 is 2.58 bits per heavy atom. The van der Waals surface area contributed by atoms with Gasteiger partial charge in [-0.2, -0.15) is 0 Å². The van der Waals surface area contributed by atoms with Crippen molar-refractivity contribution in [1.82, 2.24) is 15.5 Å². The summed E-state index contributed by atoms with van der Waals surface area (Å²) in [6.45, 7) is 2.86. The molecular formula is C36H43FN6O2. The van der Waals surface area contributed by atoms with Gasteiger partial charge in [-0.1, -0.05) is 85.0 Å². The summed E-state index contributed by atoms with van der Waals surface area (Å²) in [4.78, 5) is 33.1. The summed E-state index contributed by atoms with van der Waals surface area (Å²) in [6.07, 6.45) is 9.80. The highest BCUT2D eigenvalue weighted by atomic mass is 19.1. The average molecular weight is 611 g/mol. The monoisotopic (exact) mass is 610 g/mol. The Morgan fingerprint density at radius 2 is 1.84 bits per heavy atom. The molecule has 45 heavy (non-hydrogen) atoms. The van der Waals surface area contributed by atoms with E-state index in [1.54, 1.807) is 17.0 Å². The molecule has 1 aliphatic carbocycles. The van der Waals surface area contributed by atoms with E-state index in [9.17, 15) is 9.59 Å². The molecule has 0 radical (unpaired) electrons. The van der Waals surface area contributed by atoms with Crippen molar-refractivity contribution in [1.29, 1.82) is 0 Å². The second-order valence-corrected chi connectivity index (χ2v) is 11.9. The first-order valence-corrected chi connectivity index (χ1v) is 15.7. The third-order valence-electron chi connectivity index (χ3n) is 9.01. The van der Waals surface area contributed by atoms with Crippen LogP contribution < -0.4 is 22.1 Å². The molecule has 1 saturated heterocycles. The molecule has 236 valence electrons. The standard InChI is InChI=1S/C36H43FN6O2/c1-25(36(37,29-13-4-2-5-14-29)30-15-6-3-7-16-30)43-22-20-31(42-32(34(43)45)17-10-21-40-35(38)39)24-41-33(44)28-19-18-26-11-8-9-12-27(26)23-28/h2-9,11-15,18-19,23,25,30-32,42H,10,16-17,20-22,24H2,1H3,(H,41,44)(H4,38,39,40)/t25-,30?,31+,32+,36?/m1/s1. The SMILES string of the molecule is C[C@@H](N1CC[C@@H](CNC(=O)c2ccc3ccccc3c2)N[C@@H](CCCN=C(N)N)C1=O)C(F)(c1ccccc1)C1C=CC=CC1. The third-order valence-corrected chi connectivity index (χ3v) is 9.01. The number of nitrogens with zero attached hydrogens (tertiary/aromatic N) is 2. The number of nitrogens with one attached hydrogen (secondary N) is 2. The molecule has 6 N–H and O–H groups in total. The van der Waals surface area contributed by atoms with Crippen LogP contribution in [0.5, 0.6) is 0 Å². The summed E-state index contributed by atoms with van der Waals surface area (Å²) in [5, 5.41) is 8.59. The summed E-state index contributed by atoms with van der Waals surface area (Å²) in [5.74, 6) is -0.777. The fraction of sp³-hybridized carbons (Fsp3) is 0.361. The van der Waals surface area contributed by atoms with E-state index in [2.05, 4.69) is 15.6 Å². The number of carbonyl (C=O) groups is 2. The van der Waals surface area contributed by atoms with Crippen molar-refractivity contribution in [2.24, 2.45) is 22.4 Å². The Bertz CT molecular complexity index is 1570. The zero-order chi connectivity index (χ0) is 31.8. The largest absolute Gasteiger partial charge is 0.370 e. The van der Waals surface area contributed by atoms with E-state index in [-0.39, 0.29) is 23.8 Å². The normalized spacial score (nSPS) is 22.0. The molecule has 0 aromatic heterocycles. The van der Waals surface area contributed by atoms with E-state index in [0.29, 0.717) is 56.4 Å². The molecule has 0 bridgehead atoms. The summed E-state index contributed by atoms with van der Waals surface area (Å²) < 4.78 is 17.7. The van der Waals surface area contributed by atoms with Crippen LogP contribution in [-0.2, 0) is 10.5 Å². The van der Waals surface area contributed by atoms with Gasteiger partial charge in [0, 0.05) is 37.2 Å². The number of alkyl halides is 1. The number of aliphatic imine (C=N–C) groups is 1. The number of rotatable bonds is 11. The molecule has 5 rings (SSSR count). The van der Waals surface area contributed by atoms with Crippen LogP contribution in [-0.4, -0.2) is 60.4 Å². The summed E-state index contributed by atoms with van der Waals surface area (Å²) in [7, 11) is 0. The molecule has 2 aliphatic rings. The van der Waals surface area contributed by atoms with E-state index in [1.807, 2.05) is 91.9 Å². The Morgan fingerprint density at radius 1 is 1.09 bits per heavy atom. The van der Waals surface area contributed by atoms with Crippen LogP contribution in [0.4, 0.5) is 4.39 Å². The molecule has 0 saturated carbocycles. The molecule has 9 heteroatoms. The van der Waals surface area contributed by atoms with Gasteiger partial charge in [0.2, 0.25) is 5.91 Å². The number of nitrogens with two attached hydrogens (primary N) is 2. The van der Waals surface area contributed by atoms with Gasteiger partial charge in [-0.15, -0.1) is 0 Å². The first-order valence-electron chi connectivity index (χ1n) is 15.7. The first-order chi connectivity index (χ1) is 21.8. The van der Waals surface area contributed by atoms with E-state index in [1.165, 1.54) is 0 Å². The quantitative estimate of drug-likeness (QED) is 0.144. The van der Waals surface area contributed by atoms with Gasteiger partial charge in [0.05, 0.1) is 12.1 Å². The van der Waals surface area contributed by atoms with Crippen LogP contribution in [0.3, 0.4) is 0 Å². The van der Waals surface area contributed by atoms with Crippen molar-refractivity contribution in [3.63, 3.8) is 0 Å². The first kappa shape index (κ1) is 31.9. The number of hydrogen-bond acceptors (Lipinski definition) is 4. The van der Waals surface area contributed by atoms with E-state index in [0.717, 1.165) is 10.8 Å². The van der Waals surface area contributed by atoms with Crippen molar-refractivity contribution >= 4 is 28.5 Å². The lowest BCUT2D eigenvalue weighted by molar-refractivity contribution is -0.140. The number of halogens is 1. The number of amides is 2. The van der Waals surface area contributed by atoms with Crippen LogP contribution >= 0.6 is 0 Å². The Kier molecular flexibility index (Phi) is 10.3. The topological polar surface area (TPSA) is 126 Å². The number of allylic oxidation sites excluding steroid dienone is 4. The Labute approximate surface area is 264 Å². The van der Waals surface area contributed by atoms with Crippen molar-refractivity contribution in [3.05, 3.63) is 108 Å². The predicted octanol–water partition coefficient (Wildman–Crippen LogP) is 4.57. The van der Waals surface area contributed by atoms with Gasteiger partial charge in [0.1, 0.15) is 0 Å². The lowest BCUT2D eigenvalue weighted by Crippen LogP contribution is -2.56. The Balaban J connectivity index is 1.36. The zero-order valence-electron chi connectivity index (χ0n) is 25.7. The number of guanidine groups is 1. The summed E-state index contributed by atoms with van der Waals surface area (Å²) in [6, 6.07) is 21.2. The Hall–Kier alpha value is -4.50. The molecule has 5 atom stereocenters. The fourth-order valence-electron chi connectivity index (χ4n) is 6.53. The maximum Gasteiger partial charge on any atom is 0.251 e. The van der Waals surface area contributed by atoms with Gasteiger partial charge in [-0.25, -0.2) is 4.39 Å². The van der Waals surface area contributed by atoms with Gasteiger partial charge >= 0.3 is 0 Å². The van der Waals surface area contributed by atoms with Gasteiger partial charge in [-0.3, -0.25) is 14.6 Å². The molecule has 1 heterocycles. The molecule has 1 aliphatic heterocycles. The minimum Gasteiger partial charge on any atom is -0.370 e. The lowest BCUT2D eigenvalue weighted by atomic mass is 9.74. The number of benzene rings is 3. The van der Waals surface area contributed by atoms with Gasteiger partial charge < -0.3 is 27.0 Å². The average Bonchev–Trinajstić information content (AvgIpc) is 3.23. The molecule has 1 fully saturated rings. The molecule has 8 nitrogen and oxygen atoms in total. The molecule has 0 spiro atoms. The van der Waals surface area contributed by atoms with Crippen LogP contribution in [0.25, 0.3) is 10.8 Å². The molecular weight excluding hydrogens is 567 g/mol. The van der Waals surface area contributed by atoms with Crippen molar-refractivity contribution < 1.29 is 14.0 Å². The van der Waals surface area contributed by atoms with Gasteiger partial charge in [0.15, 0.2) is 11.6 Å². The number of fused-ring (bicyclic) bond motifs is 1. The van der Waals surface area contributed by atoms with Crippen molar-refractivity contribution in [2.45, 2.75) is 56.4 Å². The highest BCUT2D eigenvalue weighted by Crippen LogP contribution is 2.44. The molecule has 2 amide bonds. The van der Waals surface area contributed by atoms with Crippen molar-refractivity contribution in [2.75, 3.05) is 19.6 Å².